The number of nitrogens with zero attached hydrogens (tertiary/aromatic N) is 1. The van der Waals surface area contributed by atoms with Crippen molar-refractivity contribution in [3.8, 4) is 5.75 Å². The molecule has 72 valence electrons. The highest BCUT2D eigenvalue weighted by Crippen LogP contribution is 2.23. The van der Waals surface area contributed by atoms with Gasteiger partial charge in [0.25, 0.3) is 0 Å². The zero-order valence-electron chi connectivity index (χ0n) is 7.52. The molecular weight excluding hydrogens is 172 g/mol. The largest absolute Gasteiger partial charge is 0.502 e. The van der Waals surface area contributed by atoms with Gasteiger partial charge in [-0.05, 0) is 20.2 Å². The molecule has 0 aliphatic carbocycles. The molecule has 5 nitrogen and oxygen atoms in total. The maximum atomic E-state index is 10.1. The molecular formula is C8H12N2O3. The summed E-state index contributed by atoms with van der Waals surface area (Å²) in [4.78, 5) is 9.44. The second-order valence-electron chi connectivity index (χ2n) is 2.25. The van der Waals surface area contributed by atoms with E-state index in [4.69, 9.17) is 5.11 Å². The molecule has 0 saturated carbocycles. The van der Waals surface area contributed by atoms with Gasteiger partial charge in [-0.3, -0.25) is 10.1 Å². The topological polar surface area (TPSA) is 75.4 Å². The summed E-state index contributed by atoms with van der Waals surface area (Å²) in [7, 11) is 3.75. The van der Waals surface area contributed by atoms with E-state index >= 15 is 0 Å². The van der Waals surface area contributed by atoms with Gasteiger partial charge < -0.3 is 10.4 Å². The first-order valence-corrected chi connectivity index (χ1v) is 3.64. The van der Waals surface area contributed by atoms with E-state index in [1.54, 1.807) is 0 Å². The van der Waals surface area contributed by atoms with Crippen molar-refractivity contribution < 1.29 is 10.0 Å². The number of aromatic hydroxyl groups is 1. The number of nitrogens with one attached hydrogen (secondary N) is 1. The van der Waals surface area contributed by atoms with Crippen LogP contribution in [0.2, 0.25) is 0 Å². The van der Waals surface area contributed by atoms with Gasteiger partial charge in [-0.2, -0.15) is 0 Å². The Morgan fingerprint density at radius 3 is 2.15 bits per heavy atom. The molecule has 1 aromatic carbocycles. The molecule has 1 aromatic rings. The molecule has 13 heavy (non-hydrogen) atoms. The Bertz CT molecular complexity index is 276. The average Bonchev–Trinajstić information content (AvgIpc) is 2.06. The molecule has 0 heterocycles. The van der Waals surface area contributed by atoms with Crippen molar-refractivity contribution in [1.29, 1.82) is 0 Å². The summed E-state index contributed by atoms with van der Waals surface area (Å²) in [5.74, 6) is -0.299. The van der Waals surface area contributed by atoms with E-state index in [9.17, 15) is 10.1 Å². The highest BCUT2D eigenvalue weighted by Gasteiger charge is 2.09. The average molecular weight is 184 g/mol. The van der Waals surface area contributed by atoms with Crippen molar-refractivity contribution in [3.63, 3.8) is 0 Å². The van der Waals surface area contributed by atoms with E-state index < -0.39 is 4.92 Å². The standard InChI is InChI=1S/C6H5NO3.C2H7N/c8-6-4-2-1-3-5(6)7(9)10;1-3-2/h1-4,8H;3H,1-2H3. The molecule has 2 N–H and O–H groups in total. The number of rotatable bonds is 1. The predicted molar refractivity (Wildman–Crippen MR) is 49.7 cm³/mol. The van der Waals surface area contributed by atoms with E-state index in [1.807, 2.05) is 14.1 Å². The molecule has 5 heteroatoms. The maximum Gasteiger partial charge on any atom is 0.310 e. The van der Waals surface area contributed by atoms with E-state index in [1.165, 1.54) is 24.3 Å². The summed E-state index contributed by atoms with van der Waals surface area (Å²) in [6.07, 6.45) is 0. The monoisotopic (exact) mass is 184 g/mol. The van der Waals surface area contributed by atoms with Crippen LogP contribution < -0.4 is 5.32 Å². The summed E-state index contributed by atoms with van der Waals surface area (Å²) < 4.78 is 0. The Morgan fingerprint density at radius 2 is 1.85 bits per heavy atom. The highest BCUT2D eigenvalue weighted by atomic mass is 16.6. The van der Waals surface area contributed by atoms with E-state index in [0.717, 1.165) is 0 Å². The van der Waals surface area contributed by atoms with Crippen LogP contribution in [0.1, 0.15) is 0 Å². The fraction of sp³-hybridized carbons (Fsp3) is 0.250. The van der Waals surface area contributed by atoms with Crippen LogP contribution in [0.15, 0.2) is 24.3 Å². The molecule has 0 saturated heterocycles. The number of para-hydroxylation sites is 2. The summed E-state index contributed by atoms with van der Waals surface area (Å²) in [5.41, 5.74) is -0.262. The Hall–Kier alpha value is -1.62. The van der Waals surface area contributed by atoms with Crippen molar-refractivity contribution in [2.45, 2.75) is 0 Å². The fourth-order valence-electron chi connectivity index (χ4n) is 0.619. The minimum atomic E-state index is -0.630. The molecule has 0 aromatic heterocycles. The van der Waals surface area contributed by atoms with Crippen molar-refractivity contribution in [1.82, 2.24) is 5.32 Å². The normalized spacial score (nSPS) is 8.46. The minimum absolute atomic E-state index is 0.262. The predicted octanol–water partition coefficient (Wildman–Crippen LogP) is 1.14. The first-order valence-electron chi connectivity index (χ1n) is 3.64. The lowest BCUT2D eigenvalue weighted by Crippen LogP contribution is -1.89. The number of benzene rings is 1. The minimum Gasteiger partial charge on any atom is -0.502 e. The van der Waals surface area contributed by atoms with Gasteiger partial charge in [0.2, 0.25) is 0 Å². The van der Waals surface area contributed by atoms with E-state index in [0.29, 0.717) is 0 Å². The summed E-state index contributed by atoms with van der Waals surface area (Å²) >= 11 is 0. The van der Waals surface area contributed by atoms with Crippen LogP contribution in [0, 0.1) is 10.1 Å². The Balaban J connectivity index is 0.000000424. The third kappa shape index (κ3) is 4.07. The second kappa shape index (κ2) is 5.96. The van der Waals surface area contributed by atoms with Gasteiger partial charge in [0, 0.05) is 6.07 Å². The molecule has 0 unspecified atom stereocenters. The first kappa shape index (κ1) is 11.4. The second-order valence-corrected chi connectivity index (χ2v) is 2.25. The highest BCUT2D eigenvalue weighted by molar-refractivity contribution is 5.44. The quantitative estimate of drug-likeness (QED) is 0.507. The van der Waals surface area contributed by atoms with Gasteiger partial charge in [0.1, 0.15) is 0 Å². The van der Waals surface area contributed by atoms with Gasteiger partial charge >= 0.3 is 5.69 Å². The summed E-state index contributed by atoms with van der Waals surface area (Å²) in [6.45, 7) is 0. The number of phenolic OH excluding ortho intramolecular Hbond substituents is 1. The van der Waals surface area contributed by atoms with Crippen LogP contribution >= 0.6 is 0 Å². The SMILES string of the molecule is CNC.O=[N+]([O-])c1ccccc1O. The zero-order chi connectivity index (χ0) is 10.3. The third-order valence-corrected chi connectivity index (χ3v) is 1.08. The Labute approximate surface area is 76.2 Å². The molecule has 0 aliphatic heterocycles. The van der Waals surface area contributed by atoms with Crippen LogP contribution in [0.3, 0.4) is 0 Å². The van der Waals surface area contributed by atoms with Crippen LogP contribution in [-0.4, -0.2) is 24.1 Å². The first-order chi connectivity index (χ1) is 6.13. The molecule has 0 bridgehead atoms. The zero-order valence-corrected chi connectivity index (χ0v) is 7.52. The molecule has 0 aliphatic rings. The van der Waals surface area contributed by atoms with Crippen LogP contribution in [-0.2, 0) is 0 Å². The van der Waals surface area contributed by atoms with Crippen LogP contribution in [0.25, 0.3) is 0 Å². The Morgan fingerprint density at radius 1 is 1.38 bits per heavy atom. The lowest BCUT2D eigenvalue weighted by Gasteiger charge is -1.91. The van der Waals surface area contributed by atoms with E-state index in [-0.39, 0.29) is 11.4 Å². The van der Waals surface area contributed by atoms with E-state index in [2.05, 4.69) is 5.32 Å². The molecule has 0 amide bonds. The lowest BCUT2D eigenvalue weighted by atomic mass is 10.3. The van der Waals surface area contributed by atoms with Crippen LogP contribution in [0.4, 0.5) is 5.69 Å². The van der Waals surface area contributed by atoms with Gasteiger partial charge in [-0.25, -0.2) is 0 Å². The van der Waals surface area contributed by atoms with Gasteiger partial charge in [-0.1, -0.05) is 12.1 Å². The Kier molecular flexibility index (Phi) is 5.22. The lowest BCUT2D eigenvalue weighted by molar-refractivity contribution is -0.385. The summed E-state index contributed by atoms with van der Waals surface area (Å²) in [6, 6.07) is 5.55. The van der Waals surface area contributed by atoms with Gasteiger partial charge in [-0.15, -0.1) is 0 Å². The number of hydrogen-bond acceptors (Lipinski definition) is 4. The molecule has 0 radical (unpaired) electrons. The van der Waals surface area contributed by atoms with Gasteiger partial charge in [0.15, 0.2) is 5.75 Å². The smallest absolute Gasteiger partial charge is 0.310 e. The maximum absolute atomic E-state index is 10.1. The van der Waals surface area contributed by atoms with Crippen molar-refractivity contribution in [2.75, 3.05) is 14.1 Å². The van der Waals surface area contributed by atoms with Gasteiger partial charge in [0.05, 0.1) is 4.92 Å². The summed E-state index contributed by atoms with van der Waals surface area (Å²) in [5, 5.41) is 21.7. The third-order valence-electron chi connectivity index (χ3n) is 1.08. The number of phenols is 1. The molecule has 0 atom stereocenters. The van der Waals surface area contributed by atoms with Crippen molar-refractivity contribution in [2.24, 2.45) is 0 Å². The molecule has 0 fully saturated rings. The number of nitro groups is 1. The van der Waals surface area contributed by atoms with Crippen molar-refractivity contribution >= 4 is 5.69 Å². The van der Waals surface area contributed by atoms with Crippen LogP contribution in [0.5, 0.6) is 5.75 Å². The molecule has 0 spiro atoms. The number of nitro benzene ring substituents is 1. The molecule has 1 rings (SSSR count). The van der Waals surface area contributed by atoms with Crippen molar-refractivity contribution in [3.05, 3.63) is 34.4 Å². The fourth-order valence-corrected chi connectivity index (χ4v) is 0.619. The number of hydrogen-bond donors (Lipinski definition) is 2.